The number of benzene rings is 1. The molecule has 0 amide bonds. The van der Waals surface area contributed by atoms with E-state index in [0.717, 1.165) is 99.1 Å². The summed E-state index contributed by atoms with van der Waals surface area (Å²) in [6, 6.07) is 8.62. The van der Waals surface area contributed by atoms with Gasteiger partial charge in [-0.25, -0.2) is 4.98 Å². The highest BCUT2D eigenvalue weighted by molar-refractivity contribution is 5.87. The molecule has 224 valence electrons. The highest BCUT2D eigenvalue weighted by atomic mass is 16.5. The fourth-order valence-electron chi connectivity index (χ4n) is 6.37. The van der Waals surface area contributed by atoms with Crippen molar-refractivity contribution in [3.05, 3.63) is 53.2 Å². The fraction of sp³-hybridized carbons (Fsp3) is 0.548. The number of nitrogens with zero attached hydrogens (tertiary/aromatic N) is 8. The Hall–Kier alpha value is -3.70. The van der Waals surface area contributed by atoms with Crippen LogP contribution in [0.4, 0.5) is 11.8 Å². The minimum absolute atomic E-state index is 0.290. The Morgan fingerprint density at radius 2 is 1.88 bits per heavy atom. The molecule has 1 fully saturated rings. The maximum absolute atomic E-state index is 6.02. The average Bonchev–Trinajstić information content (AvgIpc) is 3.60. The number of ether oxygens (including phenoxy) is 1. The highest BCUT2D eigenvalue weighted by Crippen LogP contribution is 2.31. The molecule has 4 aromatic rings. The smallest absolute Gasteiger partial charge is 0.222 e. The summed E-state index contributed by atoms with van der Waals surface area (Å²) in [5.41, 5.74) is 10.2. The van der Waals surface area contributed by atoms with Crippen molar-refractivity contribution in [1.29, 1.82) is 0 Å². The Morgan fingerprint density at radius 3 is 2.69 bits per heavy atom. The van der Waals surface area contributed by atoms with E-state index in [4.69, 9.17) is 10.5 Å². The number of anilines is 2. The first kappa shape index (κ1) is 28.4. The van der Waals surface area contributed by atoms with Gasteiger partial charge in [-0.15, -0.1) is 10.2 Å². The van der Waals surface area contributed by atoms with Gasteiger partial charge in [-0.1, -0.05) is 31.9 Å². The molecule has 2 aliphatic rings. The van der Waals surface area contributed by atoms with E-state index in [0.29, 0.717) is 12.5 Å². The average molecular weight is 573 g/mol. The minimum Gasteiger partial charge on any atom is -0.496 e. The molecule has 2 aliphatic heterocycles. The largest absolute Gasteiger partial charge is 0.496 e. The van der Waals surface area contributed by atoms with Crippen molar-refractivity contribution in [2.75, 3.05) is 51.4 Å². The van der Waals surface area contributed by atoms with E-state index >= 15 is 0 Å². The Balaban J connectivity index is 1.11. The van der Waals surface area contributed by atoms with Crippen LogP contribution < -0.4 is 15.8 Å². The van der Waals surface area contributed by atoms with Crippen LogP contribution in [0.5, 0.6) is 5.75 Å². The van der Waals surface area contributed by atoms with E-state index in [-0.39, 0.29) is 5.95 Å². The van der Waals surface area contributed by atoms with Crippen molar-refractivity contribution in [3.8, 4) is 5.75 Å². The van der Waals surface area contributed by atoms with Gasteiger partial charge in [0.25, 0.3) is 0 Å². The lowest BCUT2D eigenvalue weighted by molar-refractivity contribution is 0.196. The van der Waals surface area contributed by atoms with Crippen molar-refractivity contribution in [2.24, 2.45) is 0 Å². The molecule has 42 heavy (non-hydrogen) atoms. The molecule has 11 heteroatoms. The maximum Gasteiger partial charge on any atom is 0.222 e. The topological polar surface area (TPSA) is 115 Å². The molecule has 0 radical (unpaired) electrons. The SMILES string of the molecule is CCCCCNc1nc(N)nc2ccn(Cc3ccc(CN4CCC(c5nnc6n5CCN(C)C6)CC4)cc3OC)c12. The van der Waals surface area contributed by atoms with Crippen LogP contribution in [0.2, 0.25) is 0 Å². The number of nitrogens with two attached hydrogens (primary N) is 1. The molecule has 1 aromatic carbocycles. The Bertz CT molecular complexity index is 1500. The van der Waals surface area contributed by atoms with Crippen LogP contribution in [0, 0.1) is 0 Å². The molecule has 3 aromatic heterocycles. The summed E-state index contributed by atoms with van der Waals surface area (Å²) in [4.78, 5) is 13.9. The second kappa shape index (κ2) is 12.7. The monoisotopic (exact) mass is 572 g/mol. The summed E-state index contributed by atoms with van der Waals surface area (Å²) in [7, 11) is 3.90. The number of hydrogen-bond donors (Lipinski definition) is 2. The first-order valence-corrected chi connectivity index (χ1v) is 15.4. The number of nitrogens with one attached hydrogen (secondary N) is 1. The molecule has 1 saturated heterocycles. The van der Waals surface area contributed by atoms with Gasteiger partial charge in [0.05, 0.1) is 25.7 Å². The van der Waals surface area contributed by atoms with E-state index in [9.17, 15) is 0 Å². The minimum atomic E-state index is 0.290. The van der Waals surface area contributed by atoms with E-state index in [1.807, 2.05) is 6.07 Å². The zero-order valence-corrected chi connectivity index (χ0v) is 25.2. The Labute approximate surface area is 248 Å². The Morgan fingerprint density at radius 1 is 1.02 bits per heavy atom. The number of likely N-dealkylation sites (tertiary alicyclic amines) is 1. The maximum atomic E-state index is 6.02. The molecule has 5 heterocycles. The molecular weight excluding hydrogens is 528 g/mol. The van der Waals surface area contributed by atoms with Crippen LogP contribution in [-0.4, -0.2) is 79.4 Å². The van der Waals surface area contributed by atoms with Gasteiger partial charge in [0.15, 0.2) is 5.82 Å². The van der Waals surface area contributed by atoms with Crippen molar-refractivity contribution in [3.63, 3.8) is 0 Å². The number of methoxy groups -OCH3 is 1. The molecule has 0 spiro atoms. The van der Waals surface area contributed by atoms with Gasteiger partial charge in [0, 0.05) is 43.9 Å². The number of aromatic nitrogens is 6. The second-order valence-electron chi connectivity index (χ2n) is 11.8. The third kappa shape index (κ3) is 6.07. The zero-order valence-electron chi connectivity index (χ0n) is 25.2. The summed E-state index contributed by atoms with van der Waals surface area (Å²) in [5, 5.41) is 12.6. The number of hydrogen-bond acceptors (Lipinski definition) is 9. The molecule has 11 nitrogen and oxygen atoms in total. The van der Waals surface area contributed by atoms with E-state index < -0.39 is 0 Å². The van der Waals surface area contributed by atoms with Crippen LogP contribution in [0.25, 0.3) is 11.0 Å². The predicted octanol–water partition coefficient (Wildman–Crippen LogP) is 4.09. The van der Waals surface area contributed by atoms with Crippen molar-refractivity contribution in [2.45, 2.75) is 71.1 Å². The summed E-state index contributed by atoms with van der Waals surface area (Å²) in [6.45, 7) is 9.71. The quantitative estimate of drug-likeness (QED) is 0.257. The Kier molecular flexibility index (Phi) is 8.57. The van der Waals surface area contributed by atoms with E-state index in [1.54, 1.807) is 7.11 Å². The lowest BCUT2D eigenvalue weighted by Crippen LogP contribution is -2.35. The highest BCUT2D eigenvalue weighted by Gasteiger charge is 2.28. The van der Waals surface area contributed by atoms with Crippen LogP contribution in [-0.2, 0) is 26.2 Å². The summed E-state index contributed by atoms with van der Waals surface area (Å²) in [6.07, 6.45) is 7.74. The number of fused-ring (bicyclic) bond motifs is 2. The number of unbranched alkanes of at least 4 members (excludes halogenated alkanes) is 2. The van der Waals surface area contributed by atoms with Crippen molar-refractivity contribution in [1.82, 2.24) is 39.1 Å². The van der Waals surface area contributed by atoms with Gasteiger partial charge in [-0.2, -0.15) is 4.98 Å². The van der Waals surface area contributed by atoms with Crippen LogP contribution in [0.1, 0.15) is 67.7 Å². The fourth-order valence-corrected chi connectivity index (χ4v) is 6.37. The third-order valence-electron chi connectivity index (χ3n) is 8.72. The first-order valence-electron chi connectivity index (χ1n) is 15.4. The molecular formula is C31H44N10O. The van der Waals surface area contributed by atoms with Gasteiger partial charge < -0.3 is 24.9 Å². The number of rotatable bonds is 11. The van der Waals surface area contributed by atoms with Crippen molar-refractivity contribution >= 4 is 22.8 Å². The lowest BCUT2D eigenvalue weighted by Gasteiger charge is -2.32. The van der Waals surface area contributed by atoms with Gasteiger partial charge in [-0.05, 0) is 57.1 Å². The number of likely N-dealkylation sites (N-methyl/N-ethyl adjacent to an activating group) is 1. The molecule has 0 saturated carbocycles. The van der Waals surface area contributed by atoms with Crippen molar-refractivity contribution < 1.29 is 4.74 Å². The molecule has 0 atom stereocenters. The van der Waals surface area contributed by atoms with Gasteiger partial charge in [0.1, 0.15) is 22.9 Å². The molecule has 0 aliphatic carbocycles. The first-order chi connectivity index (χ1) is 20.5. The molecule has 0 unspecified atom stereocenters. The number of piperidine rings is 1. The van der Waals surface area contributed by atoms with E-state index in [1.165, 1.54) is 24.2 Å². The predicted molar refractivity (Wildman–Crippen MR) is 166 cm³/mol. The van der Waals surface area contributed by atoms with Gasteiger partial charge in [0.2, 0.25) is 5.95 Å². The standard InChI is InChI=1S/C31H44N10O/c1-4-5-6-12-33-29-28-25(34-31(32)35-29)11-15-40(28)20-24-8-7-22(18-26(24)42-3)19-39-13-9-23(10-14-39)30-37-36-27-21-38(2)16-17-41(27)30/h7-8,11,15,18,23H,4-6,9-10,12-14,16-17,19-21H2,1-3H3,(H3,32,33,34,35). The summed E-state index contributed by atoms with van der Waals surface area (Å²) in [5.74, 6) is 4.77. The van der Waals surface area contributed by atoms with Crippen LogP contribution >= 0.6 is 0 Å². The van der Waals surface area contributed by atoms with Crippen LogP contribution in [0.3, 0.4) is 0 Å². The van der Waals surface area contributed by atoms with E-state index in [2.05, 4.69) is 82.8 Å². The third-order valence-corrected chi connectivity index (χ3v) is 8.72. The normalized spacial score (nSPS) is 16.6. The van der Waals surface area contributed by atoms with Gasteiger partial charge in [-0.3, -0.25) is 9.80 Å². The van der Waals surface area contributed by atoms with Gasteiger partial charge >= 0.3 is 0 Å². The summed E-state index contributed by atoms with van der Waals surface area (Å²) < 4.78 is 10.4. The molecule has 3 N–H and O–H groups in total. The summed E-state index contributed by atoms with van der Waals surface area (Å²) >= 11 is 0. The van der Waals surface area contributed by atoms with Crippen LogP contribution in [0.15, 0.2) is 30.5 Å². The molecule has 0 bridgehead atoms. The molecule has 6 rings (SSSR count). The lowest BCUT2D eigenvalue weighted by atomic mass is 9.95. The second-order valence-corrected chi connectivity index (χ2v) is 11.8. The number of nitrogen functional groups attached to an aromatic ring is 1. The zero-order chi connectivity index (χ0) is 29.1.